The standard InChI is InChI=1S/C19H24N2O3/c1-15-3-9-18(10-4-15)24-12-2-11-20-19(23)21-13-16-5-7-17(14-22)8-6-16/h3-10,22H,2,11-14H2,1H3,(H2,20,21,23). The minimum atomic E-state index is -0.198. The molecule has 0 aliphatic carbocycles. The summed E-state index contributed by atoms with van der Waals surface area (Å²) in [5, 5.41) is 14.6. The number of aliphatic hydroxyl groups is 1. The molecule has 0 atom stereocenters. The largest absolute Gasteiger partial charge is 0.494 e. The van der Waals surface area contributed by atoms with Gasteiger partial charge in [0.25, 0.3) is 0 Å². The number of benzene rings is 2. The highest BCUT2D eigenvalue weighted by Gasteiger charge is 2.00. The summed E-state index contributed by atoms with van der Waals surface area (Å²) in [4.78, 5) is 11.7. The van der Waals surface area contributed by atoms with Crippen LogP contribution in [0.5, 0.6) is 5.75 Å². The van der Waals surface area contributed by atoms with Gasteiger partial charge in [0.05, 0.1) is 13.2 Å². The number of ether oxygens (including phenoxy) is 1. The molecule has 0 aliphatic rings. The molecule has 0 spiro atoms. The second-order valence-corrected chi connectivity index (χ2v) is 5.60. The Morgan fingerprint density at radius 1 is 1.00 bits per heavy atom. The van der Waals surface area contributed by atoms with Gasteiger partial charge in [-0.1, -0.05) is 42.0 Å². The van der Waals surface area contributed by atoms with Crippen molar-refractivity contribution in [3.05, 3.63) is 65.2 Å². The SMILES string of the molecule is Cc1ccc(OCCCNC(=O)NCc2ccc(CO)cc2)cc1. The van der Waals surface area contributed by atoms with Crippen molar-refractivity contribution in [1.29, 1.82) is 0 Å². The summed E-state index contributed by atoms with van der Waals surface area (Å²) >= 11 is 0. The molecule has 0 aromatic heterocycles. The van der Waals surface area contributed by atoms with Crippen molar-refractivity contribution >= 4 is 6.03 Å². The quantitative estimate of drug-likeness (QED) is 0.653. The van der Waals surface area contributed by atoms with E-state index in [2.05, 4.69) is 10.6 Å². The van der Waals surface area contributed by atoms with E-state index >= 15 is 0 Å². The number of hydrogen-bond donors (Lipinski definition) is 3. The first-order valence-corrected chi connectivity index (χ1v) is 8.07. The van der Waals surface area contributed by atoms with Crippen LogP contribution >= 0.6 is 0 Å². The molecular weight excluding hydrogens is 304 g/mol. The predicted molar refractivity (Wildman–Crippen MR) is 93.9 cm³/mol. The first-order valence-electron chi connectivity index (χ1n) is 8.07. The van der Waals surface area contributed by atoms with E-state index in [1.165, 1.54) is 5.56 Å². The van der Waals surface area contributed by atoms with E-state index < -0.39 is 0 Å². The Labute approximate surface area is 142 Å². The lowest BCUT2D eigenvalue weighted by Gasteiger charge is -2.09. The number of aliphatic hydroxyl groups excluding tert-OH is 1. The molecular formula is C19H24N2O3. The van der Waals surface area contributed by atoms with Gasteiger partial charge in [0.2, 0.25) is 0 Å². The summed E-state index contributed by atoms with van der Waals surface area (Å²) in [7, 11) is 0. The number of carbonyl (C=O) groups is 1. The summed E-state index contributed by atoms with van der Waals surface area (Å²) in [6.45, 7) is 3.64. The van der Waals surface area contributed by atoms with E-state index in [4.69, 9.17) is 9.84 Å². The van der Waals surface area contributed by atoms with E-state index in [0.29, 0.717) is 19.7 Å². The maximum atomic E-state index is 11.7. The lowest BCUT2D eigenvalue weighted by molar-refractivity contribution is 0.238. The van der Waals surface area contributed by atoms with Crippen LogP contribution in [0.3, 0.4) is 0 Å². The van der Waals surface area contributed by atoms with Gasteiger partial charge in [0.1, 0.15) is 5.75 Å². The fraction of sp³-hybridized carbons (Fsp3) is 0.316. The fourth-order valence-electron chi connectivity index (χ4n) is 2.11. The van der Waals surface area contributed by atoms with Crippen LogP contribution < -0.4 is 15.4 Å². The molecule has 5 heteroatoms. The Morgan fingerprint density at radius 3 is 2.33 bits per heavy atom. The van der Waals surface area contributed by atoms with Crippen LogP contribution in [0.4, 0.5) is 4.79 Å². The Kier molecular flexibility index (Phi) is 7.11. The van der Waals surface area contributed by atoms with Crippen molar-refractivity contribution in [3.8, 4) is 5.75 Å². The predicted octanol–water partition coefficient (Wildman–Crippen LogP) is 2.76. The summed E-state index contributed by atoms with van der Waals surface area (Å²) in [6, 6.07) is 15.2. The molecule has 128 valence electrons. The molecule has 2 amide bonds. The molecule has 3 N–H and O–H groups in total. The third-order valence-corrected chi connectivity index (χ3v) is 3.55. The van der Waals surface area contributed by atoms with Gasteiger partial charge < -0.3 is 20.5 Å². The molecule has 0 saturated carbocycles. The molecule has 2 aromatic carbocycles. The van der Waals surface area contributed by atoms with Gasteiger partial charge in [-0.05, 0) is 36.6 Å². The minimum absolute atomic E-state index is 0.0266. The van der Waals surface area contributed by atoms with E-state index in [9.17, 15) is 4.79 Å². The number of aryl methyl sites for hydroxylation is 1. The monoisotopic (exact) mass is 328 g/mol. The summed E-state index contributed by atoms with van der Waals surface area (Å²) in [6.07, 6.45) is 0.743. The van der Waals surface area contributed by atoms with E-state index in [1.54, 1.807) is 0 Å². The lowest BCUT2D eigenvalue weighted by atomic mass is 10.1. The first-order chi connectivity index (χ1) is 11.7. The third-order valence-electron chi connectivity index (χ3n) is 3.55. The van der Waals surface area contributed by atoms with Crippen LogP contribution in [0, 0.1) is 6.92 Å². The molecule has 0 bridgehead atoms. The van der Waals surface area contributed by atoms with Crippen LogP contribution in [0.15, 0.2) is 48.5 Å². The Hall–Kier alpha value is -2.53. The average Bonchev–Trinajstić information content (AvgIpc) is 2.61. The first kappa shape index (κ1) is 17.8. The van der Waals surface area contributed by atoms with Gasteiger partial charge in [-0.15, -0.1) is 0 Å². The van der Waals surface area contributed by atoms with Gasteiger partial charge in [0.15, 0.2) is 0 Å². The smallest absolute Gasteiger partial charge is 0.315 e. The van der Waals surface area contributed by atoms with Gasteiger partial charge >= 0.3 is 6.03 Å². The Bertz CT molecular complexity index is 624. The molecule has 0 fully saturated rings. The molecule has 5 nitrogen and oxygen atoms in total. The Morgan fingerprint density at radius 2 is 1.67 bits per heavy atom. The van der Waals surface area contributed by atoms with Crippen LogP contribution in [0.25, 0.3) is 0 Å². The van der Waals surface area contributed by atoms with Crippen molar-refractivity contribution in [2.75, 3.05) is 13.2 Å². The summed E-state index contributed by atoms with van der Waals surface area (Å²) in [5.74, 6) is 0.844. The normalized spacial score (nSPS) is 10.2. The van der Waals surface area contributed by atoms with Crippen molar-refractivity contribution in [3.63, 3.8) is 0 Å². The summed E-state index contributed by atoms with van der Waals surface area (Å²) in [5.41, 5.74) is 3.05. The van der Waals surface area contributed by atoms with E-state index in [-0.39, 0.29) is 12.6 Å². The molecule has 0 aliphatic heterocycles. The van der Waals surface area contributed by atoms with Crippen molar-refractivity contribution in [1.82, 2.24) is 10.6 Å². The van der Waals surface area contributed by atoms with Gasteiger partial charge in [-0.25, -0.2) is 4.79 Å². The highest BCUT2D eigenvalue weighted by molar-refractivity contribution is 5.73. The maximum absolute atomic E-state index is 11.7. The van der Waals surface area contributed by atoms with E-state index in [1.807, 2.05) is 55.5 Å². The lowest BCUT2D eigenvalue weighted by Crippen LogP contribution is -2.36. The van der Waals surface area contributed by atoms with Gasteiger partial charge in [-0.2, -0.15) is 0 Å². The number of rotatable bonds is 8. The zero-order chi connectivity index (χ0) is 17.2. The van der Waals surface area contributed by atoms with Gasteiger partial charge in [-0.3, -0.25) is 0 Å². The highest BCUT2D eigenvalue weighted by Crippen LogP contribution is 2.11. The third kappa shape index (κ3) is 6.30. The molecule has 24 heavy (non-hydrogen) atoms. The fourth-order valence-corrected chi connectivity index (χ4v) is 2.11. The van der Waals surface area contributed by atoms with Crippen molar-refractivity contribution in [2.24, 2.45) is 0 Å². The number of carbonyl (C=O) groups excluding carboxylic acids is 1. The van der Waals surface area contributed by atoms with Crippen LogP contribution in [0.2, 0.25) is 0 Å². The van der Waals surface area contributed by atoms with E-state index in [0.717, 1.165) is 23.3 Å². The Balaban J connectivity index is 1.56. The molecule has 2 rings (SSSR count). The number of urea groups is 1. The topological polar surface area (TPSA) is 70.6 Å². The second kappa shape index (κ2) is 9.57. The van der Waals surface area contributed by atoms with Crippen molar-refractivity contribution < 1.29 is 14.6 Å². The maximum Gasteiger partial charge on any atom is 0.315 e. The summed E-state index contributed by atoms with van der Waals surface area (Å²) < 4.78 is 5.60. The van der Waals surface area contributed by atoms with Crippen LogP contribution in [-0.4, -0.2) is 24.3 Å². The van der Waals surface area contributed by atoms with Crippen molar-refractivity contribution in [2.45, 2.75) is 26.5 Å². The van der Waals surface area contributed by atoms with Gasteiger partial charge in [0, 0.05) is 13.1 Å². The number of hydrogen-bond acceptors (Lipinski definition) is 3. The molecule has 0 saturated heterocycles. The van der Waals surface area contributed by atoms with Crippen LogP contribution in [0.1, 0.15) is 23.1 Å². The molecule has 0 unspecified atom stereocenters. The highest BCUT2D eigenvalue weighted by atomic mass is 16.5. The zero-order valence-corrected chi connectivity index (χ0v) is 13.9. The molecule has 2 aromatic rings. The second-order valence-electron chi connectivity index (χ2n) is 5.60. The number of nitrogens with one attached hydrogen (secondary N) is 2. The van der Waals surface area contributed by atoms with Crippen LogP contribution in [-0.2, 0) is 13.2 Å². The average molecular weight is 328 g/mol. The zero-order valence-electron chi connectivity index (χ0n) is 13.9. The molecule has 0 heterocycles. The number of amides is 2. The molecule has 0 radical (unpaired) electrons. The minimum Gasteiger partial charge on any atom is -0.494 e.